The first-order valence-corrected chi connectivity index (χ1v) is 12.4. The molecule has 11 heteroatoms. The molecule has 10 nitrogen and oxygen atoms in total. The lowest BCUT2D eigenvalue weighted by Gasteiger charge is -2.50. The van der Waals surface area contributed by atoms with Crippen molar-refractivity contribution in [3.63, 3.8) is 0 Å². The van der Waals surface area contributed by atoms with Crippen molar-refractivity contribution in [2.75, 3.05) is 12.4 Å². The molecule has 2 aliphatic rings. The molecule has 1 aromatic heterocycles. The number of hydrogen-bond donors (Lipinski definition) is 1. The van der Waals surface area contributed by atoms with Crippen molar-refractivity contribution in [1.29, 1.82) is 0 Å². The standard InChI is InChI=1S/C26H22N4O6S/c1-15(31)36-13-17-14-37-25-21(24(33)30(25)22(17)26(34)35)27-23(32)19-12-29(18-10-6-3-7-11-18)28-20(19)16-8-4-2-5-9-16/h2-12,21,25H,13-14H2,1H3,(H,27,32)(H,34,35)/p-1. The molecule has 5 rings (SSSR count). The minimum Gasteiger partial charge on any atom is -0.543 e. The van der Waals surface area contributed by atoms with Gasteiger partial charge in [0.05, 0.1) is 22.9 Å². The molecule has 37 heavy (non-hydrogen) atoms. The number of nitrogens with one attached hydrogen (secondary N) is 1. The van der Waals surface area contributed by atoms with Gasteiger partial charge in [-0.3, -0.25) is 19.3 Å². The van der Waals surface area contributed by atoms with E-state index in [1.807, 2.05) is 60.7 Å². The summed E-state index contributed by atoms with van der Waals surface area (Å²) in [5.41, 5.74) is 2.16. The summed E-state index contributed by atoms with van der Waals surface area (Å²) in [6, 6.07) is 17.6. The second kappa shape index (κ2) is 9.94. The molecule has 2 aromatic carbocycles. The fraction of sp³-hybridized carbons (Fsp3) is 0.192. The summed E-state index contributed by atoms with van der Waals surface area (Å²) in [5, 5.41) is 18.6. The monoisotopic (exact) mass is 517 g/mol. The Hall–Kier alpha value is -4.38. The highest BCUT2D eigenvalue weighted by Crippen LogP contribution is 2.40. The van der Waals surface area contributed by atoms with Gasteiger partial charge in [0.1, 0.15) is 23.7 Å². The maximum atomic E-state index is 13.4. The van der Waals surface area contributed by atoms with Crippen LogP contribution in [-0.2, 0) is 19.1 Å². The summed E-state index contributed by atoms with van der Waals surface area (Å²) in [5.74, 6) is -2.99. The van der Waals surface area contributed by atoms with E-state index < -0.39 is 35.2 Å². The molecule has 0 spiro atoms. The van der Waals surface area contributed by atoms with Crippen LogP contribution < -0.4 is 10.4 Å². The summed E-state index contributed by atoms with van der Waals surface area (Å²) in [6.07, 6.45) is 1.60. The number of carbonyl (C=O) groups is 4. The number of amides is 2. The molecular weight excluding hydrogens is 496 g/mol. The number of aromatic nitrogens is 2. The highest BCUT2D eigenvalue weighted by molar-refractivity contribution is 8.00. The summed E-state index contributed by atoms with van der Waals surface area (Å²) in [6.45, 7) is 0.959. The van der Waals surface area contributed by atoms with E-state index in [1.54, 1.807) is 10.9 Å². The highest BCUT2D eigenvalue weighted by atomic mass is 32.2. The molecule has 3 heterocycles. The number of carboxylic acids is 1. The lowest BCUT2D eigenvalue weighted by Crippen LogP contribution is -2.71. The van der Waals surface area contributed by atoms with E-state index in [9.17, 15) is 24.3 Å². The Bertz CT molecular complexity index is 1420. The van der Waals surface area contributed by atoms with Gasteiger partial charge in [-0.2, -0.15) is 5.10 Å². The molecular formula is C26H21N4O6S-. The Balaban J connectivity index is 1.41. The Labute approximate surface area is 215 Å². The lowest BCUT2D eigenvalue weighted by molar-refractivity contribution is -0.301. The number of fused-ring (bicyclic) bond motifs is 1. The molecule has 2 unspecified atom stereocenters. The van der Waals surface area contributed by atoms with Crippen molar-refractivity contribution in [2.24, 2.45) is 0 Å². The van der Waals surface area contributed by atoms with Crippen LogP contribution in [0.4, 0.5) is 0 Å². The van der Waals surface area contributed by atoms with Crippen LogP contribution in [0, 0.1) is 0 Å². The maximum Gasteiger partial charge on any atom is 0.302 e. The van der Waals surface area contributed by atoms with E-state index in [0.717, 1.165) is 16.2 Å². The predicted octanol–water partition coefficient (Wildman–Crippen LogP) is 1.12. The largest absolute Gasteiger partial charge is 0.543 e. The molecule has 188 valence electrons. The summed E-state index contributed by atoms with van der Waals surface area (Å²) >= 11 is 1.27. The zero-order chi connectivity index (χ0) is 26.1. The highest BCUT2D eigenvalue weighted by Gasteiger charge is 2.53. The van der Waals surface area contributed by atoms with E-state index >= 15 is 0 Å². The zero-order valence-corrected chi connectivity index (χ0v) is 20.4. The lowest BCUT2D eigenvalue weighted by atomic mass is 10.0. The summed E-state index contributed by atoms with van der Waals surface area (Å²) < 4.78 is 6.53. The molecule has 2 atom stereocenters. The fourth-order valence-electron chi connectivity index (χ4n) is 4.25. The number of carboxylic acid groups (broad SMARTS) is 1. The Morgan fingerprint density at radius 2 is 1.78 bits per heavy atom. The molecule has 0 saturated carbocycles. The van der Waals surface area contributed by atoms with Gasteiger partial charge in [-0.25, -0.2) is 4.68 Å². The van der Waals surface area contributed by atoms with Crippen LogP contribution in [0.2, 0.25) is 0 Å². The van der Waals surface area contributed by atoms with Gasteiger partial charge >= 0.3 is 5.97 Å². The van der Waals surface area contributed by atoms with E-state index in [-0.39, 0.29) is 29.2 Å². The minimum absolute atomic E-state index is 0.207. The molecule has 1 fully saturated rings. The molecule has 3 aromatic rings. The maximum absolute atomic E-state index is 13.4. The van der Waals surface area contributed by atoms with Crippen LogP contribution >= 0.6 is 11.8 Å². The van der Waals surface area contributed by atoms with E-state index in [1.165, 1.54) is 18.7 Å². The van der Waals surface area contributed by atoms with Gasteiger partial charge in [-0.15, -0.1) is 11.8 Å². The number of benzene rings is 2. The minimum atomic E-state index is -1.54. The quantitative estimate of drug-likeness (QED) is 0.364. The number of para-hydroxylation sites is 1. The topological polar surface area (TPSA) is 134 Å². The van der Waals surface area contributed by atoms with Gasteiger partial charge < -0.3 is 20.0 Å². The SMILES string of the molecule is CC(=O)OCC1=C(C(=O)[O-])N2C(=O)C(NC(=O)c3cn(-c4ccccc4)nc3-c3ccccc3)C2SC1. The molecule has 0 radical (unpaired) electrons. The Morgan fingerprint density at radius 1 is 1.11 bits per heavy atom. The van der Waals surface area contributed by atoms with Crippen LogP contribution in [0.5, 0.6) is 0 Å². The van der Waals surface area contributed by atoms with E-state index in [4.69, 9.17) is 4.74 Å². The summed E-state index contributed by atoms with van der Waals surface area (Å²) in [7, 11) is 0. The molecule has 2 aliphatic heterocycles. The first kappa shape index (κ1) is 24.3. The van der Waals surface area contributed by atoms with Crippen LogP contribution in [0.3, 0.4) is 0 Å². The van der Waals surface area contributed by atoms with Crippen molar-refractivity contribution < 1.29 is 29.0 Å². The van der Waals surface area contributed by atoms with E-state index in [0.29, 0.717) is 5.69 Å². The number of esters is 1. The number of aliphatic carboxylic acids is 1. The van der Waals surface area contributed by atoms with Crippen molar-refractivity contribution in [2.45, 2.75) is 18.3 Å². The number of carbonyl (C=O) groups excluding carboxylic acids is 4. The van der Waals surface area contributed by atoms with Crippen molar-refractivity contribution in [1.82, 2.24) is 20.0 Å². The first-order chi connectivity index (χ1) is 17.8. The third kappa shape index (κ3) is 4.60. The third-order valence-corrected chi connectivity index (χ3v) is 7.34. The molecule has 0 aliphatic carbocycles. The van der Waals surface area contributed by atoms with Crippen molar-refractivity contribution >= 4 is 35.5 Å². The Kier molecular flexibility index (Phi) is 6.53. The van der Waals surface area contributed by atoms with Gasteiger partial charge in [0.25, 0.3) is 11.8 Å². The average Bonchev–Trinajstić information content (AvgIpc) is 3.36. The number of nitrogens with zero attached hydrogens (tertiary/aromatic N) is 3. The molecule has 1 saturated heterocycles. The average molecular weight is 518 g/mol. The van der Waals surface area contributed by atoms with E-state index in [2.05, 4.69) is 10.4 Å². The number of thioether (sulfide) groups is 1. The first-order valence-electron chi connectivity index (χ1n) is 11.4. The third-order valence-electron chi connectivity index (χ3n) is 6.00. The number of rotatable bonds is 7. The van der Waals surface area contributed by atoms with Gasteiger partial charge in [-0.1, -0.05) is 48.5 Å². The van der Waals surface area contributed by atoms with Crippen LogP contribution in [0.1, 0.15) is 17.3 Å². The van der Waals surface area contributed by atoms with Gasteiger partial charge in [-0.05, 0) is 12.1 Å². The fourth-order valence-corrected chi connectivity index (χ4v) is 5.58. The van der Waals surface area contributed by atoms with Crippen molar-refractivity contribution in [3.8, 4) is 16.9 Å². The smallest absolute Gasteiger partial charge is 0.302 e. The second-order valence-corrected chi connectivity index (χ2v) is 9.52. The van der Waals surface area contributed by atoms with Crippen LogP contribution in [0.25, 0.3) is 16.9 Å². The second-order valence-electron chi connectivity index (χ2n) is 8.42. The van der Waals surface area contributed by atoms with Crippen LogP contribution in [-0.4, -0.2) is 62.2 Å². The molecule has 1 N–H and O–H groups in total. The zero-order valence-electron chi connectivity index (χ0n) is 19.6. The molecule has 0 bridgehead atoms. The molecule has 2 amide bonds. The Morgan fingerprint density at radius 3 is 2.43 bits per heavy atom. The number of hydrogen-bond acceptors (Lipinski definition) is 8. The summed E-state index contributed by atoms with van der Waals surface area (Å²) in [4.78, 5) is 50.5. The predicted molar refractivity (Wildman–Crippen MR) is 132 cm³/mol. The normalized spacial score (nSPS) is 18.6. The van der Waals surface area contributed by atoms with Crippen LogP contribution in [0.15, 0.2) is 78.1 Å². The van der Waals surface area contributed by atoms with Crippen molar-refractivity contribution in [3.05, 3.63) is 83.7 Å². The number of β-lactam (4-membered cyclic amide) rings is 1. The van der Waals surface area contributed by atoms with Gasteiger partial charge in [0.2, 0.25) is 0 Å². The number of ether oxygens (including phenoxy) is 1. The van der Waals surface area contributed by atoms with Gasteiger partial charge in [0.15, 0.2) is 0 Å². The van der Waals surface area contributed by atoms with Gasteiger partial charge in [0, 0.05) is 30.0 Å².